The minimum absolute atomic E-state index is 0.0157. The topological polar surface area (TPSA) is 127 Å². The molecule has 2 fully saturated rings. The van der Waals surface area contributed by atoms with Gasteiger partial charge in [-0.25, -0.2) is 4.98 Å². The van der Waals surface area contributed by atoms with Gasteiger partial charge < -0.3 is 20.1 Å². The molecule has 10 nitrogen and oxygen atoms in total. The quantitative estimate of drug-likeness (QED) is 0.186. The van der Waals surface area contributed by atoms with E-state index in [9.17, 15) is 14.4 Å². The van der Waals surface area contributed by atoms with Gasteiger partial charge in [0, 0.05) is 30.3 Å². The number of hydrogen-bond acceptors (Lipinski definition) is 5. The first kappa shape index (κ1) is 32.5. The number of rotatable bonds is 9. The largest absolute Gasteiger partial charge is 0.340 e. The highest BCUT2D eigenvalue weighted by molar-refractivity contribution is 6.04. The molecule has 0 saturated carbocycles. The lowest BCUT2D eigenvalue weighted by molar-refractivity contribution is -0.140. The molecule has 3 N–H and O–H groups in total. The number of nitrogens with one attached hydrogen (secondary N) is 3. The van der Waals surface area contributed by atoms with Crippen molar-refractivity contribution in [1.82, 2.24) is 30.0 Å². The highest BCUT2D eigenvalue weighted by Gasteiger charge is 2.37. The van der Waals surface area contributed by atoms with Crippen molar-refractivity contribution < 1.29 is 14.4 Å². The van der Waals surface area contributed by atoms with Crippen LogP contribution in [0.2, 0.25) is 0 Å². The lowest BCUT2D eigenvalue weighted by Gasteiger charge is -2.28. The molecule has 0 radical (unpaired) electrons. The third-order valence-corrected chi connectivity index (χ3v) is 10.4. The van der Waals surface area contributed by atoms with Crippen LogP contribution in [-0.4, -0.2) is 66.8 Å². The number of anilines is 1. The molecular formula is C37H47N7O3. The number of hydrogen-bond donors (Lipinski definition) is 3. The van der Waals surface area contributed by atoms with Crippen LogP contribution in [0.25, 0.3) is 33.3 Å². The zero-order valence-electron chi connectivity index (χ0n) is 28.3. The molecule has 10 heteroatoms. The molecular weight excluding hydrogens is 590 g/mol. The Morgan fingerprint density at radius 1 is 0.809 bits per heavy atom. The van der Waals surface area contributed by atoms with Gasteiger partial charge >= 0.3 is 0 Å². The SMILES string of the molecule is CC(C)C(C)C(=O)N1CCCC1C(=O)Nc1n[nH]c2ccc(-c3ccc(-c4cnc(C5CCCN5C(=O)C(C)C(C)C)[nH]4)cc3)cc12. The summed E-state index contributed by atoms with van der Waals surface area (Å²) < 4.78 is 0. The number of amides is 3. The highest BCUT2D eigenvalue weighted by atomic mass is 16.2. The number of imidazole rings is 1. The van der Waals surface area contributed by atoms with Gasteiger partial charge in [0.15, 0.2) is 5.82 Å². The van der Waals surface area contributed by atoms with Crippen LogP contribution in [0.5, 0.6) is 0 Å². The first-order chi connectivity index (χ1) is 22.5. The number of aromatic nitrogens is 4. The predicted molar refractivity (Wildman–Crippen MR) is 184 cm³/mol. The van der Waals surface area contributed by atoms with Crippen molar-refractivity contribution in [3.63, 3.8) is 0 Å². The van der Waals surface area contributed by atoms with Crippen LogP contribution in [0.1, 0.15) is 79.1 Å². The minimum atomic E-state index is -0.491. The molecule has 4 aromatic rings. The zero-order chi connectivity index (χ0) is 33.4. The van der Waals surface area contributed by atoms with Crippen molar-refractivity contribution in [2.75, 3.05) is 18.4 Å². The molecule has 248 valence electrons. The van der Waals surface area contributed by atoms with E-state index in [2.05, 4.69) is 58.6 Å². The van der Waals surface area contributed by atoms with E-state index in [-0.39, 0.29) is 41.5 Å². The maximum Gasteiger partial charge on any atom is 0.248 e. The second kappa shape index (κ2) is 13.3. The fraction of sp³-hybridized carbons (Fsp3) is 0.486. The monoisotopic (exact) mass is 637 g/mol. The zero-order valence-corrected chi connectivity index (χ0v) is 28.3. The van der Waals surface area contributed by atoms with E-state index >= 15 is 0 Å². The fourth-order valence-electron chi connectivity index (χ4n) is 6.70. The van der Waals surface area contributed by atoms with Gasteiger partial charge in [-0.3, -0.25) is 19.5 Å². The summed E-state index contributed by atoms with van der Waals surface area (Å²) in [5, 5.41) is 11.2. The van der Waals surface area contributed by atoms with E-state index in [1.807, 2.05) is 57.0 Å². The van der Waals surface area contributed by atoms with Gasteiger partial charge in [0.1, 0.15) is 11.9 Å². The van der Waals surface area contributed by atoms with E-state index in [1.54, 1.807) is 4.90 Å². The molecule has 2 aromatic heterocycles. The Hall–Kier alpha value is -4.47. The van der Waals surface area contributed by atoms with Gasteiger partial charge in [0.25, 0.3) is 0 Å². The Bertz CT molecular complexity index is 1750. The summed E-state index contributed by atoms with van der Waals surface area (Å²) in [6, 6.07) is 13.8. The minimum Gasteiger partial charge on any atom is -0.340 e. The van der Waals surface area contributed by atoms with Crippen LogP contribution in [0.15, 0.2) is 48.7 Å². The number of nitrogens with zero attached hydrogens (tertiary/aromatic N) is 4. The van der Waals surface area contributed by atoms with E-state index in [0.717, 1.165) is 64.9 Å². The summed E-state index contributed by atoms with van der Waals surface area (Å²) in [7, 11) is 0. The summed E-state index contributed by atoms with van der Waals surface area (Å²) >= 11 is 0. The Balaban J connectivity index is 1.16. The van der Waals surface area contributed by atoms with E-state index < -0.39 is 6.04 Å². The number of aromatic amines is 2. The average molecular weight is 638 g/mol. The Morgan fingerprint density at radius 2 is 1.43 bits per heavy atom. The van der Waals surface area contributed by atoms with Gasteiger partial charge in [0.2, 0.25) is 17.7 Å². The van der Waals surface area contributed by atoms with Crippen molar-refractivity contribution in [1.29, 1.82) is 0 Å². The molecule has 47 heavy (non-hydrogen) atoms. The molecule has 0 bridgehead atoms. The molecule has 2 aromatic carbocycles. The summed E-state index contributed by atoms with van der Waals surface area (Å²) in [5.74, 6) is 1.70. The molecule has 4 atom stereocenters. The third-order valence-electron chi connectivity index (χ3n) is 10.4. The molecule has 0 spiro atoms. The number of benzene rings is 2. The van der Waals surface area contributed by atoms with Crippen molar-refractivity contribution in [2.45, 2.75) is 79.3 Å². The predicted octanol–water partition coefficient (Wildman–Crippen LogP) is 6.80. The molecule has 6 rings (SSSR count). The maximum absolute atomic E-state index is 13.4. The van der Waals surface area contributed by atoms with Crippen molar-refractivity contribution >= 4 is 34.4 Å². The summed E-state index contributed by atoms with van der Waals surface area (Å²) in [4.78, 5) is 51.5. The van der Waals surface area contributed by atoms with E-state index in [4.69, 9.17) is 4.98 Å². The summed E-state index contributed by atoms with van der Waals surface area (Å²) in [6.45, 7) is 13.6. The molecule has 0 aliphatic carbocycles. The number of carbonyl (C=O) groups excluding carboxylic acids is 3. The number of H-pyrrole nitrogens is 2. The number of fused-ring (bicyclic) bond motifs is 1. The van der Waals surface area contributed by atoms with Crippen LogP contribution in [0, 0.1) is 23.7 Å². The first-order valence-electron chi connectivity index (χ1n) is 17.1. The van der Waals surface area contributed by atoms with Crippen molar-refractivity contribution in [2.24, 2.45) is 23.7 Å². The molecule has 3 amide bonds. The standard InChI is InChI=1S/C37H47N7O3/c1-21(2)23(5)36(46)43-17-7-9-31(43)34-38-20-30(39-34)26-13-11-25(12-14-26)27-15-16-29-28(19-27)33(42-41-29)40-35(45)32-10-8-18-44(32)37(47)24(6)22(3)4/h11-16,19-24,31-32H,7-10,17-18H2,1-6H3,(H,38,39)(H2,40,41,42,45). The second-order valence-corrected chi connectivity index (χ2v) is 14.0. The highest BCUT2D eigenvalue weighted by Crippen LogP contribution is 2.35. The van der Waals surface area contributed by atoms with Crippen LogP contribution in [0.3, 0.4) is 0 Å². The fourth-order valence-corrected chi connectivity index (χ4v) is 6.70. The van der Waals surface area contributed by atoms with E-state index in [1.165, 1.54) is 0 Å². The third kappa shape index (κ3) is 6.42. The van der Waals surface area contributed by atoms with Crippen LogP contribution < -0.4 is 5.32 Å². The summed E-state index contributed by atoms with van der Waals surface area (Å²) in [5.41, 5.74) is 4.77. The second-order valence-electron chi connectivity index (χ2n) is 14.0. The van der Waals surface area contributed by atoms with Gasteiger partial charge in [-0.05, 0) is 66.3 Å². The summed E-state index contributed by atoms with van der Waals surface area (Å²) in [6.07, 6.45) is 5.21. The lowest BCUT2D eigenvalue weighted by Crippen LogP contribution is -2.46. The van der Waals surface area contributed by atoms with Gasteiger partial charge in [0.05, 0.1) is 23.4 Å². The Labute approximate surface area is 276 Å². The van der Waals surface area contributed by atoms with Crippen LogP contribution in [0.4, 0.5) is 5.82 Å². The first-order valence-corrected chi connectivity index (χ1v) is 17.1. The van der Waals surface area contributed by atoms with Gasteiger partial charge in [-0.1, -0.05) is 71.9 Å². The molecule has 2 saturated heterocycles. The molecule has 2 aliphatic rings. The smallest absolute Gasteiger partial charge is 0.248 e. The lowest BCUT2D eigenvalue weighted by atomic mass is 9.96. The number of likely N-dealkylation sites (tertiary alicyclic amines) is 2. The number of carbonyl (C=O) groups is 3. The van der Waals surface area contributed by atoms with Gasteiger partial charge in [-0.15, -0.1) is 0 Å². The molecule has 2 aliphatic heterocycles. The van der Waals surface area contributed by atoms with E-state index in [0.29, 0.717) is 24.7 Å². The normalized spacial score (nSPS) is 19.6. The average Bonchev–Trinajstić information content (AvgIpc) is 3.89. The molecule has 4 heterocycles. The Morgan fingerprint density at radius 3 is 2.13 bits per heavy atom. The van der Waals surface area contributed by atoms with Gasteiger partial charge in [-0.2, -0.15) is 5.10 Å². The van der Waals surface area contributed by atoms with Crippen molar-refractivity contribution in [3.05, 3.63) is 54.5 Å². The van der Waals surface area contributed by atoms with Crippen molar-refractivity contribution in [3.8, 4) is 22.4 Å². The molecule has 4 unspecified atom stereocenters. The van der Waals surface area contributed by atoms with Crippen LogP contribution in [-0.2, 0) is 14.4 Å². The Kier molecular flexibility index (Phi) is 9.21. The van der Waals surface area contributed by atoms with Crippen LogP contribution >= 0.6 is 0 Å². The maximum atomic E-state index is 13.4.